The van der Waals surface area contributed by atoms with Crippen LogP contribution in [-0.2, 0) is 11.8 Å². The average molecular weight is 253 g/mol. The topological polar surface area (TPSA) is 51.8 Å². The summed E-state index contributed by atoms with van der Waals surface area (Å²) in [6.45, 7) is 5.29. The van der Waals surface area contributed by atoms with Crippen LogP contribution in [-0.4, -0.2) is 16.7 Å². The molecule has 96 valence electrons. The van der Waals surface area contributed by atoms with Crippen LogP contribution in [0, 0.1) is 5.92 Å². The number of hydrogen-bond acceptors (Lipinski definition) is 4. The maximum atomic E-state index is 5.58. The van der Waals surface area contributed by atoms with Gasteiger partial charge in [0.2, 0.25) is 0 Å². The molecule has 1 saturated carbocycles. The van der Waals surface area contributed by atoms with E-state index in [4.69, 9.17) is 5.73 Å². The first-order valence-corrected chi connectivity index (χ1v) is 7.51. The number of nitrogens with two attached hydrogens (primary N) is 1. The highest BCUT2D eigenvalue weighted by atomic mass is 32.1. The van der Waals surface area contributed by atoms with Crippen molar-refractivity contribution in [2.45, 2.75) is 57.8 Å². The lowest BCUT2D eigenvalue weighted by molar-refractivity contribution is 0.343. The Hall–Kier alpha value is -0.480. The Morgan fingerprint density at radius 3 is 2.59 bits per heavy atom. The van der Waals surface area contributed by atoms with Crippen molar-refractivity contribution in [3.8, 4) is 0 Å². The molecule has 1 aromatic rings. The number of aromatic nitrogens is 2. The summed E-state index contributed by atoms with van der Waals surface area (Å²) in [5, 5.41) is 11.1. The molecule has 0 bridgehead atoms. The molecule has 0 atom stereocenters. The van der Waals surface area contributed by atoms with Gasteiger partial charge in [-0.1, -0.05) is 26.7 Å². The standard InChI is InChI=1S/C13H23N3S/c1-10(2)9-13(6-3-4-7-13)12-16-15-11(17-12)5-8-14/h10H,3-9,14H2,1-2H3. The highest BCUT2D eigenvalue weighted by Crippen LogP contribution is 2.46. The molecule has 4 heteroatoms. The molecule has 1 heterocycles. The van der Waals surface area contributed by atoms with Crippen LogP contribution >= 0.6 is 11.3 Å². The Morgan fingerprint density at radius 2 is 2.00 bits per heavy atom. The normalized spacial score (nSPS) is 19.1. The molecule has 0 radical (unpaired) electrons. The fourth-order valence-corrected chi connectivity index (χ4v) is 4.14. The third kappa shape index (κ3) is 2.86. The minimum atomic E-state index is 0.332. The molecule has 1 fully saturated rings. The van der Waals surface area contributed by atoms with E-state index in [-0.39, 0.29) is 0 Å². The monoisotopic (exact) mass is 253 g/mol. The zero-order valence-electron chi connectivity index (χ0n) is 10.9. The second-order valence-corrected chi connectivity index (χ2v) is 6.69. The Morgan fingerprint density at radius 1 is 1.29 bits per heavy atom. The summed E-state index contributed by atoms with van der Waals surface area (Å²) in [6.07, 6.45) is 7.40. The van der Waals surface area contributed by atoms with Gasteiger partial charge in [-0.05, 0) is 31.7 Å². The molecular formula is C13H23N3S. The van der Waals surface area contributed by atoms with Crippen molar-refractivity contribution in [3.63, 3.8) is 0 Å². The third-order valence-electron chi connectivity index (χ3n) is 3.64. The molecule has 0 aromatic carbocycles. The largest absolute Gasteiger partial charge is 0.330 e. The van der Waals surface area contributed by atoms with Crippen LogP contribution in [0.25, 0.3) is 0 Å². The van der Waals surface area contributed by atoms with E-state index in [2.05, 4.69) is 24.0 Å². The van der Waals surface area contributed by atoms with Crippen LogP contribution in [0.15, 0.2) is 0 Å². The fourth-order valence-electron chi connectivity index (χ4n) is 3.03. The van der Waals surface area contributed by atoms with E-state index in [0.717, 1.165) is 17.3 Å². The first kappa shape index (κ1) is 13.0. The zero-order valence-corrected chi connectivity index (χ0v) is 11.7. The molecule has 2 rings (SSSR count). The van der Waals surface area contributed by atoms with Crippen LogP contribution in [0.2, 0.25) is 0 Å². The summed E-state index contributed by atoms with van der Waals surface area (Å²) >= 11 is 1.79. The van der Waals surface area contributed by atoms with Gasteiger partial charge in [0, 0.05) is 11.8 Å². The van der Waals surface area contributed by atoms with Crippen LogP contribution in [0.5, 0.6) is 0 Å². The Balaban J connectivity index is 2.19. The van der Waals surface area contributed by atoms with E-state index in [9.17, 15) is 0 Å². The Labute approximate surface area is 108 Å². The van der Waals surface area contributed by atoms with Crippen molar-refractivity contribution in [1.29, 1.82) is 0 Å². The van der Waals surface area contributed by atoms with Gasteiger partial charge in [-0.25, -0.2) is 0 Å². The van der Waals surface area contributed by atoms with E-state index in [1.807, 2.05) is 0 Å². The Kier molecular flexibility index (Phi) is 4.15. The fraction of sp³-hybridized carbons (Fsp3) is 0.846. The highest BCUT2D eigenvalue weighted by Gasteiger charge is 2.39. The van der Waals surface area contributed by atoms with Gasteiger partial charge in [-0.15, -0.1) is 21.5 Å². The predicted molar refractivity (Wildman–Crippen MR) is 72.3 cm³/mol. The van der Waals surface area contributed by atoms with Crippen molar-refractivity contribution < 1.29 is 0 Å². The molecule has 1 aliphatic rings. The molecule has 0 aliphatic heterocycles. The van der Waals surface area contributed by atoms with Crippen molar-refractivity contribution in [2.75, 3.05) is 6.54 Å². The van der Waals surface area contributed by atoms with Gasteiger partial charge >= 0.3 is 0 Å². The van der Waals surface area contributed by atoms with Gasteiger partial charge in [0.05, 0.1) is 0 Å². The van der Waals surface area contributed by atoms with Crippen molar-refractivity contribution in [2.24, 2.45) is 11.7 Å². The van der Waals surface area contributed by atoms with Crippen LogP contribution in [0.1, 0.15) is 56.0 Å². The summed E-state index contributed by atoms with van der Waals surface area (Å²) in [5.41, 5.74) is 5.91. The summed E-state index contributed by atoms with van der Waals surface area (Å²) in [4.78, 5) is 0. The van der Waals surface area contributed by atoms with Gasteiger partial charge in [0.25, 0.3) is 0 Å². The molecule has 2 N–H and O–H groups in total. The maximum absolute atomic E-state index is 5.58. The summed E-state index contributed by atoms with van der Waals surface area (Å²) in [6, 6.07) is 0. The van der Waals surface area contributed by atoms with Gasteiger partial charge < -0.3 is 5.73 Å². The number of nitrogens with zero attached hydrogens (tertiary/aromatic N) is 2. The zero-order chi connectivity index (χ0) is 12.3. The molecule has 3 nitrogen and oxygen atoms in total. The number of hydrogen-bond donors (Lipinski definition) is 1. The maximum Gasteiger partial charge on any atom is 0.123 e. The molecular weight excluding hydrogens is 230 g/mol. The van der Waals surface area contributed by atoms with E-state index in [1.165, 1.54) is 37.1 Å². The lowest BCUT2D eigenvalue weighted by atomic mass is 9.79. The van der Waals surface area contributed by atoms with Crippen molar-refractivity contribution >= 4 is 11.3 Å². The molecule has 0 amide bonds. The predicted octanol–water partition coefficient (Wildman–Crippen LogP) is 2.90. The average Bonchev–Trinajstić information content (AvgIpc) is 2.87. The molecule has 17 heavy (non-hydrogen) atoms. The SMILES string of the molecule is CC(C)CC1(c2nnc(CCN)s2)CCCC1. The molecule has 0 saturated heterocycles. The van der Waals surface area contributed by atoms with E-state index in [0.29, 0.717) is 12.0 Å². The minimum absolute atomic E-state index is 0.332. The lowest BCUT2D eigenvalue weighted by Crippen LogP contribution is -2.24. The highest BCUT2D eigenvalue weighted by molar-refractivity contribution is 7.11. The summed E-state index contributed by atoms with van der Waals surface area (Å²) in [7, 11) is 0. The smallest absolute Gasteiger partial charge is 0.123 e. The summed E-state index contributed by atoms with van der Waals surface area (Å²) in [5.74, 6) is 0.731. The quantitative estimate of drug-likeness (QED) is 0.878. The third-order valence-corrected chi connectivity index (χ3v) is 4.87. The molecule has 1 aliphatic carbocycles. The van der Waals surface area contributed by atoms with Gasteiger partial charge in [-0.2, -0.15) is 0 Å². The second kappa shape index (κ2) is 5.44. The van der Waals surface area contributed by atoms with E-state index < -0.39 is 0 Å². The Bertz CT molecular complexity index is 353. The molecule has 0 spiro atoms. The van der Waals surface area contributed by atoms with Crippen molar-refractivity contribution in [3.05, 3.63) is 10.0 Å². The molecule has 0 unspecified atom stereocenters. The minimum Gasteiger partial charge on any atom is -0.330 e. The van der Waals surface area contributed by atoms with Crippen molar-refractivity contribution in [1.82, 2.24) is 10.2 Å². The van der Waals surface area contributed by atoms with Crippen LogP contribution in [0.4, 0.5) is 0 Å². The summed E-state index contributed by atoms with van der Waals surface area (Å²) < 4.78 is 0. The van der Waals surface area contributed by atoms with Crippen LogP contribution < -0.4 is 5.73 Å². The number of rotatable bonds is 5. The van der Waals surface area contributed by atoms with Gasteiger partial charge in [0.1, 0.15) is 10.0 Å². The van der Waals surface area contributed by atoms with Crippen LogP contribution in [0.3, 0.4) is 0 Å². The first-order valence-electron chi connectivity index (χ1n) is 6.69. The first-order chi connectivity index (χ1) is 8.16. The van der Waals surface area contributed by atoms with E-state index in [1.54, 1.807) is 11.3 Å². The second-order valence-electron chi connectivity index (χ2n) is 5.63. The van der Waals surface area contributed by atoms with E-state index >= 15 is 0 Å². The van der Waals surface area contributed by atoms with Gasteiger partial charge in [-0.3, -0.25) is 0 Å². The van der Waals surface area contributed by atoms with Gasteiger partial charge in [0.15, 0.2) is 0 Å². The lowest BCUT2D eigenvalue weighted by Gasteiger charge is -2.27. The molecule has 1 aromatic heterocycles.